The summed E-state index contributed by atoms with van der Waals surface area (Å²) in [6, 6.07) is 3.97. The van der Waals surface area contributed by atoms with E-state index in [1.807, 2.05) is 26.0 Å². The van der Waals surface area contributed by atoms with E-state index >= 15 is 0 Å². The lowest BCUT2D eigenvalue weighted by Crippen LogP contribution is -2.19. The number of hydrogen-bond donors (Lipinski definition) is 1. The lowest BCUT2D eigenvalue weighted by Gasteiger charge is -2.14. The Balaban J connectivity index is 2.10. The molecule has 20 heavy (non-hydrogen) atoms. The SMILES string of the molecule is COc1ncnc(OC)c1CNC(C)c1ccc(C)o1. The Labute approximate surface area is 118 Å². The summed E-state index contributed by atoms with van der Waals surface area (Å²) >= 11 is 0. The van der Waals surface area contributed by atoms with Crippen LogP contribution in [0.1, 0.15) is 30.0 Å². The van der Waals surface area contributed by atoms with Crippen LogP contribution in [0.5, 0.6) is 11.8 Å². The van der Waals surface area contributed by atoms with E-state index in [0.717, 1.165) is 17.1 Å². The first kappa shape index (κ1) is 14.3. The van der Waals surface area contributed by atoms with Crippen LogP contribution in [0, 0.1) is 6.92 Å². The number of ether oxygens (including phenoxy) is 2. The number of nitrogens with one attached hydrogen (secondary N) is 1. The molecule has 1 atom stereocenters. The van der Waals surface area contributed by atoms with Crippen LogP contribution in [0.25, 0.3) is 0 Å². The maximum Gasteiger partial charge on any atom is 0.224 e. The van der Waals surface area contributed by atoms with Gasteiger partial charge in [-0.2, -0.15) is 0 Å². The molecule has 2 heterocycles. The molecular formula is C14H19N3O3. The molecular weight excluding hydrogens is 258 g/mol. The molecule has 0 aromatic carbocycles. The first-order chi connectivity index (χ1) is 9.65. The first-order valence-corrected chi connectivity index (χ1v) is 6.37. The number of hydrogen-bond acceptors (Lipinski definition) is 6. The van der Waals surface area contributed by atoms with E-state index in [4.69, 9.17) is 13.9 Å². The van der Waals surface area contributed by atoms with Crippen molar-refractivity contribution in [3.8, 4) is 11.8 Å². The van der Waals surface area contributed by atoms with Crippen LogP contribution < -0.4 is 14.8 Å². The van der Waals surface area contributed by atoms with Crippen molar-refractivity contribution in [3.05, 3.63) is 35.5 Å². The summed E-state index contributed by atoms with van der Waals surface area (Å²) in [4.78, 5) is 8.17. The number of methoxy groups -OCH3 is 2. The quantitative estimate of drug-likeness (QED) is 0.873. The van der Waals surface area contributed by atoms with Gasteiger partial charge < -0.3 is 19.2 Å². The van der Waals surface area contributed by atoms with Crippen molar-refractivity contribution in [1.82, 2.24) is 15.3 Å². The molecule has 0 amide bonds. The standard InChI is InChI=1S/C14H19N3O3/c1-9-5-6-12(20-9)10(2)15-7-11-13(18-3)16-8-17-14(11)19-4/h5-6,8,10,15H,7H2,1-4H3. The van der Waals surface area contributed by atoms with Crippen molar-refractivity contribution in [2.75, 3.05) is 14.2 Å². The molecule has 0 spiro atoms. The zero-order valence-corrected chi connectivity index (χ0v) is 12.1. The molecule has 6 nitrogen and oxygen atoms in total. The maximum absolute atomic E-state index is 5.59. The molecule has 0 bridgehead atoms. The van der Waals surface area contributed by atoms with Crippen LogP contribution in [0.4, 0.5) is 0 Å². The van der Waals surface area contributed by atoms with Gasteiger partial charge >= 0.3 is 0 Å². The molecule has 2 aromatic rings. The van der Waals surface area contributed by atoms with Crippen LogP contribution in [-0.2, 0) is 6.54 Å². The average Bonchev–Trinajstić information content (AvgIpc) is 2.90. The maximum atomic E-state index is 5.59. The zero-order chi connectivity index (χ0) is 14.5. The molecule has 1 N–H and O–H groups in total. The fourth-order valence-electron chi connectivity index (χ4n) is 1.93. The average molecular weight is 277 g/mol. The smallest absolute Gasteiger partial charge is 0.224 e. The van der Waals surface area contributed by atoms with Gasteiger partial charge in [-0.25, -0.2) is 9.97 Å². The van der Waals surface area contributed by atoms with E-state index < -0.39 is 0 Å². The third-order valence-electron chi connectivity index (χ3n) is 3.03. The summed E-state index contributed by atoms with van der Waals surface area (Å²) in [6.45, 7) is 4.47. The van der Waals surface area contributed by atoms with Crippen LogP contribution in [0.2, 0.25) is 0 Å². The van der Waals surface area contributed by atoms with Gasteiger partial charge in [0.25, 0.3) is 0 Å². The van der Waals surface area contributed by atoms with Crippen LogP contribution >= 0.6 is 0 Å². The second kappa shape index (κ2) is 6.38. The summed E-state index contributed by atoms with van der Waals surface area (Å²) in [5.41, 5.74) is 0.785. The Morgan fingerprint density at radius 3 is 2.35 bits per heavy atom. The topological polar surface area (TPSA) is 69.4 Å². The fraction of sp³-hybridized carbons (Fsp3) is 0.429. The Bertz CT molecular complexity index is 546. The summed E-state index contributed by atoms with van der Waals surface area (Å²) < 4.78 is 16.1. The molecule has 0 aliphatic heterocycles. The minimum Gasteiger partial charge on any atom is -0.481 e. The zero-order valence-electron chi connectivity index (χ0n) is 12.1. The second-order valence-corrected chi connectivity index (χ2v) is 4.42. The van der Waals surface area contributed by atoms with E-state index in [9.17, 15) is 0 Å². The lowest BCUT2D eigenvalue weighted by atomic mass is 10.2. The summed E-state index contributed by atoms with van der Waals surface area (Å²) in [5.74, 6) is 2.79. The highest BCUT2D eigenvalue weighted by Crippen LogP contribution is 2.24. The number of rotatable bonds is 6. The lowest BCUT2D eigenvalue weighted by molar-refractivity contribution is 0.353. The number of aromatic nitrogens is 2. The van der Waals surface area contributed by atoms with Crippen molar-refractivity contribution in [2.45, 2.75) is 26.4 Å². The molecule has 6 heteroatoms. The molecule has 0 saturated heterocycles. The molecule has 0 radical (unpaired) electrons. The van der Waals surface area contributed by atoms with Gasteiger partial charge in [-0.1, -0.05) is 0 Å². The molecule has 108 valence electrons. The van der Waals surface area contributed by atoms with Crippen LogP contribution in [0.15, 0.2) is 22.9 Å². The van der Waals surface area contributed by atoms with Crippen molar-refractivity contribution >= 4 is 0 Å². The second-order valence-electron chi connectivity index (χ2n) is 4.42. The third-order valence-corrected chi connectivity index (χ3v) is 3.03. The molecule has 2 rings (SSSR count). The third kappa shape index (κ3) is 3.08. The van der Waals surface area contributed by atoms with Crippen molar-refractivity contribution in [3.63, 3.8) is 0 Å². The van der Waals surface area contributed by atoms with Crippen LogP contribution in [0.3, 0.4) is 0 Å². The summed E-state index contributed by atoms with van der Waals surface area (Å²) in [6.07, 6.45) is 1.42. The molecule has 0 fully saturated rings. The van der Waals surface area contributed by atoms with Gasteiger partial charge in [0, 0.05) is 6.54 Å². The number of aryl methyl sites for hydroxylation is 1. The minimum absolute atomic E-state index is 0.0679. The Kier molecular flexibility index (Phi) is 4.57. The Hall–Kier alpha value is -2.08. The van der Waals surface area contributed by atoms with Crippen LogP contribution in [-0.4, -0.2) is 24.2 Å². The molecule has 1 unspecified atom stereocenters. The summed E-state index contributed by atoms with van der Waals surface area (Å²) in [5, 5.41) is 3.34. The number of nitrogens with zero attached hydrogens (tertiary/aromatic N) is 2. The van der Waals surface area contributed by atoms with Gasteiger partial charge in [0.15, 0.2) is 0 Å². The van der Waals surface area contributed by atoms with Gasteiger partial charge in [-0.15, -0.1) is 0 Å². The van der Waals surface area contributed by atoms with Crippen molar-refractivity contribution < 1.29 is 13.9 Å². The van der Waals surface area contributed by atoms with E-state index in [1.54, 1.807) is 14.2 Å². The van der Waals surface area contributed by atoms with Gasteiger partial charge in [-0.05, 0) is 26.0 Å². The predicted molar refractivity (Wildman–Crippen MR) is 73.8 cm³/mol. The largest absolute Gasteiger partial charge is 0.481 e. The monoisotopic (exact) mass is 277 g/mol. The fourth-order valence-corrected chi connectivity index (χ4v) is 1.93. The van der Waals surface area contributed by atoms with Crippen molar-refractivity contribution in [2.24, 2.45) is 0 Å². The van der Waals surface area contributed by atoms with E-state index in [0.29, 0.717) is 18.3 Å². The Morgan fingerprint density at radius 2 is 1.85 bits per heavy atom. The molecule has 0 aliphatic carbocycles. The molecule has 0 aliphatic rings. The van der Waals surface area contributed by atoms with Gasteiger partial charge in [0.05, 0.1) is 25.8 Å². The van der Waals surface area contributed by atoms with Gasteiger partial charge in [0.1, 0.15) is 17.8 Å². The van der Waals surface area contributed by atoms with E-state index in [-0.39, 0.29) is 6.04 Å². The van der Waals surface area contributed by atoms with Gasteiger partial charge in [-0.3, -0.25) is 0 Å². The highest BCUT2D eigenvalue weighted by atomic mass is 16.5. The Morgan fingerprint density at radius 1 is 1.20 bits per heavy atom. The molecule has 2 aromatic heterocycles. The highest BCUT2D eigenvalue weighted by Gasteiger charge is 2.15. The molecule has 0 saturated carbocycles. The predicted octanol–water partition coefficient (Wildman–Crippen LogP) is 2.25. The highest BCUT2D eigenvalue weighted by molar-refractivity contribution is 5.34. The number of furan rings is 1. The van der Waals surface area contributed by atoms with Gasteiger partial charge in [0.2, 0.25) is 11.8 Å². The van der Waals surface area contributed by atoms with Crippen molar-refractivity contribution in [1.29, 1.82) is 0 Å². The first-order valence-electron chi connectivity index (χ1n) is 6.37. The summed E-state index contributed by atoms with van der Waals surface area (Å²) in [7, 11) is 3.15. The van der Waals surface area contributed by atoms with E-state index in [2.05, 4.69) is 15.3 Å². The van der Waals surface area contributed by atoms with E-state index in [1.165, 1.54) is 6.33 Å². The normalized spacial score (nSPS) is 12.2. The minimum atomic E-state index is 0.0679.